The lowest BCUT2D eigenvalue weighted by molar-refractivity contribution is -0.178. The minimum Gasteiger partial charge on any atom is -0.353 e. The summed E-state index contributed by atoms with van der Waals surface area (Å²) in [5.74, 6) is 0.590. The summed E-state index contributed by atoms with van der Waals surface area (Å²) in [5.41, 5.74) is 2.42. The highest BCUT2D eigenvalue weighted by Gasteiger charge is 2.15. The standard InChI is InChI=1S/C14H20O3S/c1-11-4-5-13(10-12(11)2)18(15)9-6-14-16-7-3-8-17-14/h4-5,10,14H,3,6-9H2,1-2H3. The molecule has 2 rings (SSSR count). The average molecular weight is 268 g/mol. The Balaban J connectivity index is 1.88. The molecule has 0 radical (unpaired) electrons. The molecule has 100 valence electrons. The molecule has 1 aliphatic rings. The topological polar surface area (TPSA) is 35.5 Å². The van der Waals surface area contributed by atoms with Crippen molar-refractivity contribution >= 4 is 10.8 Å². The molecule has 0 spiro atoms. The van der Waals surface area contributed by atoms with E-state index in [2.05, 4.69) is 6.92 Å². The minimum atomic E-state index is -0.964. The lowest BCUT2D eigenvalue weighted by atomic mass is 10.1. The van der Waals surface area contributed by atoms with E-state index in [1.807, 2.05) is 25.1 Å². The van der Waals surface area contributed by atoms with Gasteiger partial charge in [0.05, 0.1) is 24.0 Å². The van der Waals surface area contributed by atoms with Crippen LogP contribution in [0, 0.1) is 13.8 Å². The summed E-state index contributed by atoms with van der Waals surface area (Å²) >= 11 is 0. The highest BCUT2D eigenvalue weighted by molar-refractivity contribution is 7.85. The van der Waals surface area contributed by atoms with E-state index in [0.29, 0.717) is 12.2 Å². The van der Waals surface area contributed by atoms with Gasteiger partial charge >= 0.3 is 0 Å². The van der Waals surface area contributed by atoms with Crippen LogP contribution in [0.3, 0.4) is 0 Å². The van der Waals surface area contributed by atoms with Gasteiger partial charge in [0.2, 0.25) is 0 Å². The molecule has 0 aromatic heterocycles. The molecule has 0 amide bonds. The highest BCUT2D eigenvalue weighted by atomic mass is 32.2. The largest absolute Gasteiger partial charge is 0.353 e. The van der Waals surface area contributed by atoms with Gasteiger partial charge in [-0.15, -0.1) is 0 Å². The zero-order chi connectivity index (χ0) is 13.0. The van der Waals surface area contributed by atoms with E-state index in [9.17, 15) is 4.21 Å². The third-order valence-electron chi connectivity index (χ3n) is 3.18. The predicted octanol–water partition coefficient (Wildman–Crippen LogP) is 2.56. The van der Waals surface area contributed by atoms with Crippen LogP contribution in [0.15, 0.2) is 23.1 Å². The number of hydrogen-bond acceptors (Lipinski definition) is 3. The second kappa shape index (κ2) is 6.45. The summed E-state index contributed by atoms with van der Waals surface area (Å²) in [7, 11) is -0.964. The summed E-state index contributed by atoms with van der Waals surface area (Å²) in [4.78, 5) is 0.897. The minimum absolute atomic E-state index is 0.172. The fourth-order valence-corrected chi connectivity index (χ4v) is 3.05. The Hall–Kier alpha value is -0.710. The van der Waals surface area contributed by atoms with Gasteiger partial charge in [-0.05, 0) is 43.5 Å². The lowest BCUT2D eigenvalue weighted by Gasteiger charge is -2.22. The molecule has 0 aliphatic carbocycles. The first-order valence-corrected chi connectivity index (χ1v) is 7.67. The molecule has 3 nitrogen and oxygen atoms in total. The van der Waals surface area contributed by atoms with Crippen molar-refractivity contribution in [3.63, 3.8) is 0 Å². The Morgan fingerprint density at radius 1 is 1.22 bits per heavy atom. The highest BCUT2D eigenvalue weighted by Crippen LogP contribution is 2.16. The average Bonchev–Trinajstić information content (AvgIpc) is 2.40. The van der Waals surface area contributed by atoms with E-state index in [4.69, 9.17) is 9.47 Å². The van der Waals surface area contributed by atoms with E-state index in [1.165, 1.54) is 11.1 Å². The normalized spacial score (nSPS) is 18.8. The zero-order valence-electron chi connectivity index (χ0n) is 11.0. The van der Waals surface area contributed by atoms with Crippen molar-refractivity contribution in [2.75, 3.05) is 19.0 Å². The molecule has 1 fully saturated rings. The first-order valence-electron chi connectivity index (χ1n) is 6.35. The predicted molar refractivity (Wildman–Crippen MR) is 72.1 cm³/mol. The second-order valence-electron chi connectivity index (χ2n) is 4.61. The lowest BCUT2D eigenvalue weighted by Crippen LogP contribution is -2.26. The van der Waals surface area contributed by atoms with Crippen molar-refractivity contribution in [3.8, 4) is 0 Å². The summed E-state index contributed by atoms with van der Waals surface area (Å²) in [6.45, 7) is 5.61. The Morgan fingerprint density at radius 3 is 2.61 bits per heavy atom. The quantitative estimate of drug-likeness (QED) is 0.842. The van der Waals surface area contributed by atoms with Crippen molar-refractivity contribution < 1.29 is 13.7 Å². The van der Waals surface area contributed by atoms with Crippen LogP contribution in [-0.4, -0.2) is 29.5 Å². The molecule has 1 unspecified atom stereocenters. The third kappa shape index (κ3) is 3.64. The van der Waals surface area contributed by atoms with Gasteiger partial charge in [-0.3, -0.25) is 4.21 Å². The summed E-state index contributed by atoms with van der Waals surface area (Å²) in [6, 6.07) is 5.98. The first-order chi connectivity index (χ1) is 8.66. The van der Waals surface area contributed by atoms with Crippen molar-refractivity contribution in [3.05, 3.63) is 29.3 Å². The van der Waals surface area contributed by atoms with Gasteiger partial charge in [0, 0.05) is 17.1 Å². The Morgan fingerprint density at radius 2 is 1.94 bits per heavy atom. The monoisotopic (exact) mass is 268 g/mol. The summed E-state index contributed by atoms with van der Waals surface area (Å²) in [5, 5.41) is 0. The fourth-order valence-electron chi connectivity index (χ4n) is 1.88. The van der Waals surface area contributed by atoms with E-state index < -0.39 is 10.8 Å². The number of hydrogen-bond donors (Lipinski definition) is 0. The number of aryl methyl sites for hydroxylation is 2. The molecule has 0 bridgehead atoms. The van der Waals surface area contributed by atoms with Crippen LogP contribution in [0.5, 0.6) is 0 Å². The molecular formula is C14H20O3S. The van der Waals surface area contributed by atoms with Crippen LogP contribution in [0.1, 0.15) is 24.0 Å². The van der Waals surface area contributed by atoms with Crippen LogP contribution in [0.4, 0.5) is 0 Å². The molecule has 1 saturated heterocycles. The van der Waals surface area contributed by atoms with Crippen LogP contribution in [0.25, 0.3) is 0 Å². The molecule has 0 saturated carbocycles. The van der Waals surface area contributed by atoms with E-state index >= 15 is 0 Å². The zero-order valence-corrected chi connectivity index (χ0v) is 11.8. The molecule has 1 aromatic rings. The van der Waals surface area contributed by atoms with Gasteiger partial charge in [-0.25, -0.2) is 0 Å². The molecule has 4 heteroatoms. The summed E-state index contributed by atoms with van der Waals surface area (Å²) in [6.07, 6.45) is 1.48. The number of benzene rings is 1. The number of rotatable bonds is 4. The van der Waals surface area contributed by atoms with Crippen molar-refractivity contribution in [2.45, 2.75) is 37.9 Å². The second-order valence-corrected chi connectivity index (χ2v) is 6.18. The van der Waals surface area contributed by atoms with E-state index in [0.717, 1.165) is 24.5 Å². The SMILES string of the molecule is Cc1ccc(S(=O)CCC2OCCCO2)cc1C. The molecule has 1 aliphatic heterocycles. The smallest absolute Gasteiger partial charge is 0.158 e. The molecule has 1 aromatic carbocycles. The molecule has 1 heterocycles. The van der Waals surface area contributed by atoms with Gasteiger partial charge in [0.1, 0.15) is 0 Å². The van der Waals surface area contributed by atoms with Crippen LogP contribution >= 0.6 is 0 Å². The van der Waals surface area contributed by atoms with Crippen LogP contribution < -0.4 is 0 Å². The Kier molecular flexibility index (Phi) is 4.92. The van der Waals surface area contributed by atoms with E-state index in [1.54, 1.807) is 0 Å². The van der Waals surface area contributed by atoms with Gasteiger partial charge in [0.25, 0.3) is 0 Å². The van der Waals surface area contributed by atoms with Gasteiger partial charge in [-0.1, -0.05) is 6.07 Å². The molecule has 18 heavy (non-hydrogen) atoms. The first kappa shape index (κ1) is 13.7. The molecule has 1 atom stereocenters. The number of ether oxygens (including phenoxy) is 2. The van der Waals surface area contributed by atoms with Crippen molar-refractivity contribution in [1.29, 1.82) is 0 Å². The third-order valence-corrected chi connectivity index (χ3v) is 4.56. The van der Waals surface area contributed by atoms with Gasteiger partial charge in [-0.2, -0.15) is 0 Å². The van der Waals surface area contributed by atoms with Crippen LogP contribution in [0.2, 0.25) is 0 Å². The maximum Gasteiger partial charge on any atom is 0.158 e. The van der Waals surface area contributed by atoms with Crippen molar-refractivity contribution in [2.24, 2.45) is 0 Å². The van der Waals surface area contributed by atoms with Crippen molar-refractivity contribution in [1.82, 2.24) is 0 Å². The van der Waals surface area contributed by atoms with Crippen LogP contribution in [-0.2, 0) is 20.3 Å². The van der Waals surface area contributed by atoms with E-state index in [-0.39, 0.29) is 6.29 Å². The molecular weight excluding hydrogens is 248 g/mol. The Bertz CT molecular complexity index is 425. The molecule has 0 N–H and O–H groups in total. The maximum atomic E-state index is 12.2. The summed E-state index contributed by atoms with van der Waals surface area (Å²) < 4.78 is 23.1. The Labute approximate surface area is 111 Å². The van der Waals surface area contributed by atoms with Gasteiger partial charge < -0.3 is 9.47 Å². The fraction of sp³-hybridized carbons (Fsp3) is 0.571. The maximum absolute atomic E-state index is 12.2. The van der Waals surface area contributed by atoms with Gasteiger partial charge in [0.15, 0.2) is 6.29 Å².